The van der Waals surface area contributed by atoms with Crippen LogP contribution >= 0.6 is 0 Å². The van der Waals surface area contributed by atoms with E-state index in [2.05, 4.69) is 68.7 Å². The lowest BCUT2D eigenvalue weighted by Gasteiger charge is -2.39. The maximum atomic E-state index is 2.54. The highest BCUT2D eigenvalue weighted by atomic mass is 15.0. The standard InChI is InChI=1S/C19H25N/c1-5-18-17(12-16-13(3)11-14(16)4)15-9-7-8-10-19(15)20(18)6-2/h5,7-10,12-14,16H,6,11H2,1-4H3/b17-12-,18-5+. The molecule has 1 saturated carbocycles. The largest absolute Gasteiger partial charge is 0.341 e. The fourth-order valence-electron chi connectivity index (χ4n) is 3.96. The molecule has 0 spiro atoms. The zero-order valence-electron chi connectivity index (χ0n) is 13.1. The van der Waals surface area contributed by atoms with Gasteiger partial charge in [-0.25, -0.2) is 0 Å². The van der Waals surface area contributed by atoms with Gasteiger partial charge in [-0.05, 0) is 44.1 Å². The first-order chi connectivity index (χ1) is 9.67. The Bertz CT molecular complexity index is 727. The maximum absolute atomic E-state index is 2.54. The van der Waals surface area contributed by atoms with Gasteiger partial charge in [-0.15, -0.1) is 0 Å². The van der Waals surface area contributed by atoms with Crippen LogP contribution in [0.3, 0.4) is 0 Å². The van der Waals surface area contributed by atoms with E-state index in [0.717, 1.165) is 24.3 Å². The van der Waals surface area contributed by atoms with Crippen molar-refractivity contribution in [1.82, 2.24) is 4.57 Å². The predicted octanol–water partition coefficient (Wildman–Crippen LogP) is 3.53. The SMILES string of the molecule is C/C=c1\c(=C/C2C(C)CC2C)c2ccccc2n1CC. The molecule has 20 heavy (non-hydrogen) atoms. The van der Waals surface area contributed by atoms with E-state index in [1.54, 1.807) is 0 Å². The van der Waals surface area contributed by atoms with Crippen molar-refractivity contribution in [3.8, 4) is 0 Å². The van der Waals surface area contributed by atoms with E-state index in [9.17, 15) is 0 Å². The molecule has 3 rings (SSSR count). The van der Waals surface area contributed by atoms with Crippen LogP contribution in [0.25, 0.3) is 23.1 Å². The molecule has 0 bridgehead atoms. The molecule has 0 N–H and O–H groups in total. The lowest BCUT2D eigenvalue weighted by Crippen LogP contribution is -2.36. The third-order valence-electron chi connectivity index (χ3n) is 5.06. The highest BCUT2D eigenvalue weighted by Crippen LogP contribution is 2.40. The molecule has 2 aromatic rings. The van der Waals surface area contributed by atoms with Crippen LogP contribution in [0.5, 0.6) is 0 Å². The Morgan fingerprint density at radius 2 is 1.90 bits per heavy atom. The molecule has 1 heteroatoms. The molecule has 1 aromatic heterocycles. The zero-order valence-corrected chi connectivity index (χ0v) is 13.1. The number of nitrogens with zero attached hydrogens (tertiary/aromatic N) is 1. The molecule has 0 aliphatic heterocycles. The lowest BCUT2D eigenvalue weighted by molar-refractivity contribution is 0.163. The maximum Gasteiger partial charge on any atom is 0.0491 e. The van der Waals surface area contributed by atoms with Crippen molar-refractivity contribution in [3.63, 3.8) is 0 Å². The Morgan fingerprint density at radius 3 is 2.50 bits per heavy atom. The highest BCUT2D eigenvalue weighted by molar-refractivity contribution is 5.82. The second kappa shape index (κ2) is 5.12. The van der Waals surface area contributed by atoms with Crippen LogP contribution in [0.4, 0.5) is 0 Å². The molecule has 1 fully saturated rings. The van der Waals surface area contributed by atoms with Crippen molar-refractivity contribution in [2.24, 2.45) is 17.8 Å². The van der Waals surface area contributed by atoms with Gasteiger partial charge in [-0.3, -0.25) is 0 Å². The van der Waals surface area contributed by atoms with Gasteiger partial charge in [-0.2, -0.15) is 0 Å². The summed E-state index contributed by atoms with van der Waals surface area (Å²) in [7, 11) is 0. The normalized spacial score (nSPS) is 28.1. The number of fused-ring (bicyclic) bond motifs is 1. The van der Waals surface area contributed by atoms with Crippen molar-refractivity contribution in [1.29, 1.82) is 0 Å². The average molecular weight is 267 g/mol. The van der Waals surface area contributed by atoms with Gasteiger partial charge < -0.3 is 4.57 Å². The number of benzene rings is 1. The second-order valence-electron chi connectivity index (χ2n) is 6.28. The minimum atomic E-state index is 0.741. The zero-order chi connectivity index (χ0) is 14.3. The first kappa shape index (κ1) is 13.5. The monoisotopic (exact) mass is 267 g/mol. The molecule has 0 radical (unpaired) electrons. The Morgan fingerprint density at radius 1 is 1.20 bits per heavy atom. The van der Waals surface area contributed by atoms with Crippen LogP contribution in [-0.4, -0.2) is 4.57 Å². The molecular formula is C19H25N. The molecule has 1 nitrogen and oxygen atoms in total. The summed E-state index contributed by atoms with van der Waals surface area (Å²) in [6.07, 6.45) is 6.19. The Balaban J connectivity index is 2.32. The Kier molecular flexibility index (Phi) is 3.45. The molecule has 1 aromatic carbocycles. The first-order valence-electron chi connectivity index (χ1n) is 7.92. The summed E-state index contributed by atoms with van der Waals surface area (Å²) >= 11 is 0. The Hall–Kier alpha value is -1.50. The molecule has 0 saturated heterocycles. The number of rotatable bonds is 2. The molecular weight excluding hydrogens is 242 g/mol. The fraction of sp³-hybridized carbons (Fsp3) is 0.474. The lowest BCUT2D eigenvalue weighted by atomic mass is 9.66. The van der Waals surface area contributed by atoms with Gasteiger partial charge in [0.1, 0.15) is 0 Å². The number of para-hydroxylation sites is 1. The van der Waals surface area contributed by atoms with E-state index in [-0.39, 0.29) is 0 Å². The third-order valence-corrected chi connectivity index (χ3v) is 5.06. The predicted molar refractivity (Wildman–Crippen MR) is 87.9 cm³/mol. The molecule has 2 atom stereocenters. The van der Waals surface area contributed by atoms with Crippen molar-refractivity contribution in [2.75, 3.05) is 0 Å². The van der Waals surface area contributed by atoms with E-state index >= 15 is 0 Å². The van der Waals surface area contributed by atoms with Crippen LogP contribution in [0, 0.1) is 17.8 Å². The van der Waals surface area contributed by atoms with Gasteiger partial charge >= 0.3 is 0 Å². The molecule has 1 heterocycles. The molecule has 1 aliphatic carbocycles. The van der Waals surface area contributed by atoms with Crippen LogP contribution in [-0.2, 0) is 6.54 Å². The molecule has 0 amide bonds. The number of aryl methyl sites for hydroxylation is 1. The second-order valence-corrected chi connectivity index (χ2v) is 6.28. The molecule has 106 valence electrons. The summed E-state index contributed by atoms with van der Waals surface area (Å²) in [6.45, 7) is 10.2. The van der Waals surface area contributed by atoms with Crippen LogP contribution in [0.15, 0.2) is 24.3 Å². The van der Waals surface area contributed by atoms with Gasteiger partial charge in [0.25, 0.3) is 0 Å². The van der Waals surface area contributed by atoms with Gasteiger partial charge in [0.15, 0.2) is 0 Å². The summed E-state index contributed by atoms with van der Waals surface area (Å²) in [5, 5.41) is 4.25. The van der Waals surface area contributed by atoms with Crippen LogP contribution in [0.1, 0.15) is 34.1 Å². The van der Waals surface area contributed by atoms with Crippen LogP contribution in [0.2, 0.25) is 0 Å². The van der Waals surface area contributed by atoms with Gasteiger partial charge in [-0.1, -0.05) is 44.2 Å². The van der Waals surface area contributed by atoms with Crippen LogP contribution < -0.4 is 10.6 Å². The van der Waals surface area contributed by atoms with Crippen molar-refractivity contribution in [2.45, 2.75) is 40.7 Å². The van der Waals surface area contributed by atoms with E-state index in [4.69, 9.17) is 0 Å². The summed E-state index contributed by atoms with van der Waals surface area (Å²) in [6, 6.07) is 8.82. The summed E-state index contributed by atoms with van der Waals surface area (Å²) in [4.78, 5) is 0. The Labute approximate surface area is 121 Å². The minimum Gasteiger partial charge on any atom is -0.341 e. The number of aromatic nitrogens is 1. The topological polar surface area (TPSA) is 4.93 Å². The van der Waals surface area contributed by atoms with E-state index in [0.29, 0.717) is 0 Å². The van der Waals surface area contributed by atoms with Gasteiger partial charge in [0.05, 0.1) is 0 Å². The minimum absolute atomic E-state index is 0.741. The van der Waals surface area contributed by atoms with Crippen molar-refractivity contribution < 1.29 is 0 Å². The van der Waals surface area contributed by atoms with E-state index in [1.807, 2.05) is 0 Å². The van der Waals surface area contributed by atoms with E-state index in [1.165, 1.54) is 27.9 Å². The summed E-state index contributed by atoms with van der Waals surface area (Å²) in [5.74, 6) is 2.40. The van der Waals surface area contributed by atoms with E-state index < -0.39 is 0 Å². The summed E-state index contributed by atoms with van der Waals surface area (Å²) < 4.78 is 2.44. The van der Waals surface area contributed by atoms with Gasteiger partial charge in [0, 0.05) is 28.0 Å². The molecule has 2 unspecified atom stereocenters. The number of hydrogen-bond donors (Lipinski definition) is 0. The first-order valence-corrected chi connectivity index (χ1v) is 7.92. The van der Waals surface area contributed by atoms with Gasteiger partial charge in [0.2, 0.25) is 0 Å². The molecule has 1 aliphatic rings. The average Bonchev–Trinajstić information content (AvgIpc) is 2.77. The third kappa shape index (κ3) is 1.91. The number of hydrogen-bond acceptors (Lipinski definition) is 0. The summed E-state index contributed by atoms with van der Waals surface area (Å²) in [5.41, 5.74) is 1.37. The highest BCUT2D eigenvalue weighted by Gasteiger charge is 2.32. The van der Waals surface area contributed by atoms with Crippen molar-refractivity contribution >= 4 is 23.1 Å². The smallest absolute Gasteiger partial charge is 0.0491 e. The quantitative estimate of drug-likeness (QED) is 0.784. The fourth-order valence-corrected chi connectivity index (χ4v) is 3.96. The van der Waals surface area contributed by atoms with Crippen molar-refractivity contribution in [3.05, 3.63) is 34.8 Å².